The third kappa shape index (κ3) is 4.30. The number of hydrogen-bond acceptors (Lipinski definition) is 5. The number of carbonyl (C=O) groups excluding carboxylic acids is 1. The summed E-state index contributed by atoms with van der Waals surface area (Å²) < 4.78 is 5.38. The van der Waals surface area contributed by atoms with Gasteiger partial charge in [0.2, 0.25) is 0 Å². The van der Waals surface area contributed by atoms with Gasteiger partial charge in [-0.1, -0.05) is 11.6 Å². The zero-order valence-corrected chi connectivity index (χ0v) is 12.1. The molecule has 0 spiro atoms. The number of nitro groups is 1. The summed E-state index contributed by atoms with van der Waals surface area (Å²) >= 11 is 5.80. The molecule has 0 unspecified atom stereocenters. The maximum Gasteiger partial charge on any atom is 0.271 e. The fraction of sp³-hybridized carbons (Fsp3) is 0.462. The molecule has 1 aliphatic rings. The van der Waals surface area contributed by atoms with Gasteiger partial charge in [-0.25, -0.2) is 0 Å². The van der Waals surface area contributed by atoms with Crippen LogP contribution in [0.15, 0.2) is 12.1 Å². The van der Waals surface area contributed by atoms with Crippen LogP contribution in [-0.2, 0) is 4.74 Å². The summed E-state index contributed by atoms with van der Waals surface area (Å²) in [6.07, 6.45) is 2.41. The highest BCUT2D eigenvalue weighted by Crippen LogP contribution is 2.29. The molecule has 0 aromatic heterocycles. The Kier molecular flexibility index (Phi) is 4.98. The lowest BCUT2D eigenvalue weighted by Crippen LogP contribution is -2.28. The maximum atomic E-state index is 12.0. The van der Waals surface area contributed by atoms with Crippen LogP contribution in [0.4, 0.5) is 11.4 Å². The zero-order chi connectivity index (χ0) is 15.4. The molecule has 1 aliphatic carbocycles. The molecule has 1 saturated carbocycles. The van der Waals surface area contributed by atoms with Gasteiger partial charge < -0.3 is 15.8 Å². The van der Waals surface area contributed by atoms with E-state index >= 15 is 0 Å². The van der Waals surface area contributed by atoms with E-state index in [1.54, 1.807) is 0 Å². The van der Waals surface area contributed by atoms with Crippen LogP contribution in [0.2, 0.25) is 5.02 Å². The highest BCUT2D eigenvalue weighted by Gasteiger charge is 2.21. The number of nitrogens with zero attached hydrogens (tertiary/aromatic N) is 1. The second kappa shape index (κ2) is 6.73. The van der Waals surface area contributed by atoms with Crippen LogP contribution in [0.3, 0.4) is 0 Å². The monoisotopic (exact) mass is 313 g/mol. The van der Waals surface area contributed by atoms with Crippen molar-refractivity contribution in [1.29, 1.82) is 0 Å². The van der Waals surface area contributed by atoms with Gasteiger partial charge in [-0.05, 0) is 18.8 Å². The minimum atomic E-state index is -0.624. The normalized spacial score (nSPS) is 14.0. The van der Waals surface area contributed by atoms with Crippen molar-refractivity contribution >= 4 is 28.9 Å². The Labute approximate surface area is 126 Å². The number of amides is 1. The van der Waals surface area contributed by atoms with Gasteiger partial charge in [-0.2, -0.15) is 0 Å². The number of ether oxygens (including phenoxy) is 1. The molecule has 7 nitrogen and oxygen atoms in total. The minimum Gasteiger partial charge on any atom is -0.397 e. The molecule has 3 N–H and O–H groups in total. The van der Waals surface area contributed by atoms with Gasteiger partial charge in [0.15, 0.2) is 0 Å². The summed E-state index contributed by atoms with van der Waals surface area (Å²) in [7, 11) is 0. The Bertz CT molecular complexity index is 561. The number of anilines is 1. The van der Waals surface area contributed by atoms with Gasteiger partial charge in [0.1, 0.15) is 0 Å². The standard InChI is InChI=1S/C13H16ClN3O4/c14-11-6-9(17(19)20)5-10(12(11)15)13(18)16-3-4-21-7-8-1-2-8/h5-6,8H,1-4,7,15H2,(H,16,18). The summed E-state index contributed by atoms with van der Waals surface area (Å²) in [5.41, 5.74) is 5.43. The van der Waals surface area contributed by atoms with Gasteiger partial charge in [0.05, 0.1) is 27.8 Å². The molecule has 1 amide bonds. The Morgan fingerprint density at radius 2 is 2.24 bits per heavy atom. The van der Waals surface area contributed by atoms with Gasteiger partial charge in [-0.3, -0.25) is 14.9 Å². The molecule has 0 heterocycles. The molecule has 1 aromatic carbocycles. The highest BCUT2D eigenvalue weighted by molar-refractivity contribution is 6.34. The van der Waals surface area contributed by atoms with Crippen molar-refractivity contribution in [2.75, 3.05) is 25.5 Å². The fourth-order valence-electron chi connectivity index (χ4n) is 1.76. The first-order chi connectivity index (χ1) is 9.99. The van der Waals surface area contributed by atoms with Crippen molar-refractivity contribution in [3.05, 3.63) is 32.8 Å². The summed E-state index contributed by atoms with van der Waals surface area (Å²) in [5, 5.41) is 13.4. The Morgan fingerprint density at radius 1 is 1.52 bits per heavy atom. The topological polar surface area (TPSA) is 107 Å². The van der Waals surface area contributed by atoms with E-state index in [-0.39, 0.29) is 22.0 Å². The first-order valence-corrected chi connectivity index (χ1v) is 6.96. The van der Waals surface area contributed by atoms with E-state index in [4.69, 9.17) is 22.1 Å². The molecule has 2 rings (SSSR count). The molecule has 0 saturated heterocycles. The number of nitrogen functional groups attached to an aromatic ring is 1. The fourth-order valence-corrected chi connectivity index (χ4v) is 1.98. The number of benzene rings is 1. The van der Waals surface area contributed by atoms with Crippen LogP contribution in [0, 0.1) is 16.0 Å². The predicted molar refractivity (Wildman–Crippen MR) is 78.4 cm³/mol. The summed E-state index contributed by atoms with van der Waals surface area (Å²) in [6, 6.07) is 2.23. The number of carbonyl (C=O) groups is 1. The SMILES string of the molecule is Nc1c(Cl)cc([N+](=O)[O-])cc1C(=O)NCCOCC1CC1. The predicted octanol–water partition coefficient (Wildman–Crippen LogP) is 1.99. The van der Waals surface area contributed by atoms with Crippen molar-refractivity contribution in [3.63, 3.8) is 0 Å². The van der Waals surface area contributed by atoms with Crippen LogP contribution in [0.1, 0.15) is 23.2 Å². The van der Waals surface area contributed by atoms with Crippen molar-refractivity contribution in [2.45, 2.75) is 12.8 Å². The van der Waals surface area contributed by atoms with Crippen LogP contribution >= 0.6 is 11.6 Å². The molecule has 1 fully saturated rings. The van der Waals surface area contributed by atoms with Crippen LogP contribution in [0.25, 0.3) is 0 Å². The minimum absolute atomic E-state index is 0.00334. The van der Waals surface area contributed by atoms with E-state index in [1.807, 2.05) is 0 Å². The molecule has 21 heavy (non-hydrogen) atoms. The Hall–Kier alpha value is -1.86. The number of hydrogen-bond donors (Lipinski definition) is 2. The Balaban J connectivity index is 1.92. The number of nitro benzene ring substituents is 1. The molecule has 0 atom stereocenters. The number of halogens is 1. The number of non-ortho nitro benzene ring substituents is 1. The van der Waals surface area contributed by atoms with Gasteiger partial charge >= 0.3 is 0 Å². The third-order valence-electron chi connectivity index (χ3n) is 3.15. The van der Waals surface area contributed by atoms with E-state index in [0.717, 1.165) is 12.1 Å². The first-order valence-electron chi connectivity index (χ1n) is 6.58. The lowest BCUT2D eigenvalue weighted by molar-refractivity contribution is -0.384. The van der Waals surface area contributed by atoms with Crippen LogP contribution in [-0.4, -0.2) is 30.6 Å². The van der Waals surface area contributed by atoms with Crippen molar-refractivity contribution < 1.29 is 14.5 Å². The van der Waals surface area contributed by atoms with Gasteiger partial charge in [0, 0.05) is 25.3 Å². The molecular weight excluding hydrogens is 298 g/mol. The van der Waals surface area contributed by atoms with E-state index in [2.05, 4.69) is 5.32 Å². The van der Waals surface area contributed by atoms with Crippen LogP contribution < -0.4 is 11.1 Å². The number of rotatable bonds is 7. The molecule has 1 aromatic rings. The van der Waals surface area contributed by atoms with Gasteiger partial charge in [0.25, 0.3) is 11.6 Å². The van der Waals surface area contributed by atoms with Crippen molar-refractivity contribution in [3.8, 4) is 0 Å². The van der Waals surface area contributed by atoms with Gasteiger partial charge in [-0.15, -0.1) is 0 Å². The van der Waals surface area contributed by atoms with Crippen LogP contribution in [0.5, 0.6) is 0 Å². The van der Waals surface area contributed by atoms with E-state index in [0.29, 0.717) is 25.7 Å². The molecular formula is C13H16ClN3O4. The number of nitrogens with two attached hydrogens (primary N) is 1. The van der Waals surface area contributed by atoms with Crippen molar-refractivity contribution in [1.82, 2.24) is 5.32 Å². The quantitative estimate of drug-likeness (QED) is 0.346. The molecule has 0 bridgehead atoms. The second-order valence-electron chi connectivity index (χ2n) is 4.92. The van der Waals surface area contributed by atoms with E-state index in [1.165, 1.54) is 12.8 Å². The molecule has 0 aliphatic heterocycles. The average Bonchev–Trinajstić information content (AvgIpc) is 3.25. The summed E-state index contributed by atoms with van der Waals surface area (Å²) in [6.45, 7) is 1.41. The second-order valence-corrected chi connectivity index (χ2v) is 5.33. The lowest BCUT2D eigenvalue weighted by atomic mass is 10.1. The summed E-state index contributed by atoms with van der Waals surface area (Å²) in [4.78, 5) is 22.1. The Morgan fingerprint density at radius 3 is 2.86 bits per heavy atom. The third-order valence-corrected chi connectivity index (χ3v) is 3.46. The zero-order valence-electron chi connectivity index (χ0n) is 11.3. The molecule has 114 valence electrons. The first kappa shape index (κ1) is 15.5. The van der Waals surface area contributed by atoms with E-state index < -0.39 is 10.8 Å². The lowest BCUT2D eigenvalue weighted by Gasteiger charge is -2.09. The summed E-state index contributed by atoms with van der Waals surface area (Å²) in [5.74, 6) is 0.153. The average molecular weight is 314 g/mol. The smallest absolute Gasteiger partial charge is 0.271 e. The largest absolute Gasteiger partial charge is 0.397 e. The molecule has 0 radical (unpaired) electrons. The highest BCUT2D eigenvalue weighted by atomic mass is 35.5. The maximum absolute atomic E-state index is 12.0. The van der Waals surface area contributed by atoms with Crippen molar-refractivity contribution in [2.24, 2.45) is 5.92 Å². The molecule has 8 heteroatoms. The van der Waals surface area contributed by atoms with E-state index in [9.17, 15) is 14.9 Å². The number of nitrogens with one attached hydrogen (secondary N) is 1.